The molecule has 27 heavy (non-hydrogen) atoms. The van der Waals surface area contributed by atoms with E-state index in [0.29, 0.717) is 25.4 Å². The quantitative estimate of drug-likeness (QED) is 0.774. The molecule has 0 spiro atoms. The number of carbonyl (C=O) groups is 2. The fourth-order valence-corrected chi connectivity index (χ4v) is 2.89. The molecule has 0 unspecified atom stereocenters. The first-order valence-corrected chi connectivity index (χ1v) is 9.54. The van der Waals surface area contributed by atoms with E-state index in [1.807, 2.05) is 61.5 Å². The summed E-state index contributed by atoms with van der Waals surface area (Å²) in [5.41, 5.74) is 3.09. The summed E-state index contributed by atoms with van der Waals surface area (Å²) in [5, 5.41) is 2.95. The summed E-state index contributed by atoms with van der Waals surface area (Å²) < 4.78 is 0. The number of rotatable bonds is 8. The predicted octanol–water partition coefficient (Wildman–Crippen LogP) is 3.73. The van der Waals surface area contributed by atoms with Crippen LogP contribution in [0.5, 0.6) is 0 Å². The number of nitrogens with one attached hydrogen (secondary N) is 1. The average Bonchev–Trinajstić information content (AvgIpc) is 2.66. The zero-order valence-corrected chi connectivity index (χ0v) is 16.7. The smallest absolute Gasteiger partial charge is 0.242 e. The summed E-state index contributed by atoms with van der Waals surface area (Å²) in [6.45, 7) is 8.93. The number of carbonyl (C=O) groups excluding carboxylic acids is 2. The van der Waals surface area contributed by atoms with Crippen LogP contribution in [-0.2, 0) is 22.6 Å². The second-order valence-corrected chi connectivity index (χ2v) is 7.43. The molecule has 2 rings (SSSR count). The van der Waals surface area contributed by atoms with E-state index < -0.39 is 6.04 Å². The molecule has 0 aromatic heterocycles. The molecule has 0 saturated heterocycles. The second kappa shape index (κ2) is 9.91. The number of nitrogens with zero attached hydrogens (tertiary/aromatic N) is 1. The van der Waals surface area contributed by atoms with E-state index in [4.69, 9.17) is 0 Å². The van der Waals surface area contributed by atoms with Gasteiger partial charge in [-0.1, -0.05) is 68.4 Å². The number of hydrogen-bond acceptors (Lipinski definition) is 2. The molecule has 0 saturated carbocycles. The van der Waals surface area contributed by atoms with E-state index in [1.165, 1.54) is 0 Å². The van der Waals surface area contributed by atoms with Crippen LogP contribution in [0.1, 0.15) is 37.5 Å². The molecule has 2 aromatic carbocycles. The van der Waals surface area contributed by atoms with Crippen LogP contribution in [0, 0.1) is 12.8 Å². The molecule has 0 aliphatic rings. The Morgan fingerprint density at radius 1 is 0.963 bits per heavy atom. The van der Waals surface area contributed by atoms with Gasteiger partial charge in [0, 0.05) is 13.1 Å². The van der Waals surface area contributed by atoms with Gasteiger partial charge in [0.15, 0.2) is 0 Å². The fourth-order valence-electron chi connectivity index (χ4n) is 2.89. The second-order valence-electron chi connectivity index (χ2n) is 7.43. The highest BCUT2D eigenvalue weighted by atomic mass is 16.2. The highest BCUT2D eigenvalue weighted by Crippen LogP contribution is 2.14. The summed E-state index contributed by atoms with van der Waals surface area (Å²) in [6.07, 6.45) is 0.293. The van der Waals surface area contributed by atoms with Gasteiger partial charge < -0.3 is 10.2 Å². The minimum absolute atomic E-state index is 0.0413. The van der Waals surface area contributed by atoms with Crippen molar-refractivity contribution in [2.45, 2.75) is 46.7 Å². The van der Waals surface area contributed by atoms with Crippen LogP contribution in [-0.4, -0.2) is 29.3 Å². The van der Waals surface area contributed by atoms with Crippen molar-refractivity contribution in [3.8, 4) is 0 Å². The fraction of sp³-hybridized carbons (Fsp3) is 0.391. The molecule has 0 fully saturated rings. The Labute approximate surface area is 162 Å². The molecular weight excluding hydrogens is 336 g/mol. The minimum Gasteiger partial charge on any atom is -0.354 e. The first kappa shape index (κ1) is 20.7. The zero-order valence-electron chi connectivity index (χ0n) is 16.7. The van der Waals surface area contributed by atoms with Crippen LogP contribution < -0.4 is 5.32 Å². The maximum Gasteiger partial charge on any atom is 0.242 e. The molecule has 1 N–H and O–H groups in total. The Hall–Kier alpha value is -2.62. The first-order chi connectivity index (χ1) is 12.9. The molecule has 0 bridgehead atoms. The van der Waals surface area contributed by atoms with E-state index >= 15 is 0 Å². The molecule has 1 atom stereocenters. The Morgan fingerprint density at radius 2 is 1.59 bits per heavy atom. The molecule has 2 amide bonds. The largest absolute Gasteiger partial charge is 0.354 e. The van der Waals surface area contributed by atoms with Gasteiger partial charge in [0.2, 0.25) is 11.8 Å². The molecule has 2 aromatic rings. The van der Waals surface area contributed by atoms with E-state index in [1.54, 1.807) is 11.8 Å². The Bertz CT molecular complexity index is 756. The van der Waals surface area contributed by atoms with Gasteiger partial charge in [-0.2, -0.15) is 0 Å². The van der Waals surface area contributed by atoms with Crippen molar-refractivity contribution in [1.29, 1.82) is 0 Å². The minimum atomic E-state index is -0.527. The lowest BCUT2D eigenvalue weighted by molar-refractivity contribution is -0.140. The van der Waals surface area contributed by atoms with Crippen LogP contribution in [0.4, 0.5) is 0 Å². The molecular formula is C23H30N2O2. The van der Waals surface area contributed by atoms with Crippen molar-refractivity contribution in [3.63, 3.8) is 0 Å². The normalized spacial score (nSPS) is 11.9. The van der Waals surface area contributed by atoms with Crippen molar-refractivity contribution in [2.24, 2.45) is 5.92 Å². The third-order valence-electron chi connectivity index (χ3n) is 4.65. The Kier molecular flexibility index (Phi) is 7.59. The summed E-state index contributed by atoms with van der Waals surface area (Å²) in [6, 6.07) is 17.1. The summed E-state index contributed by atoms with van der Waals surface area (Å²) in [4.78, 5) is 27.4. The number of aryl methyl sites for hydroxylation is 1. The maximum atomic E-state index is 13.1. The van der Waals surface area contributed by atoms with Gasteiger partial charge in [-0.15, -0.1) is 0 Å². The van der Waals surface area contributed by atoms with Crippen molar-refractivity contribution >= 4 is 11.8 Å². The van der Waals surface area contributed by atoms with Gasteiger partial charge in [0.25, 0.3) is 0 Å². The Morgan fingerprint density at radius 3 is 2.22 bits per heavy atom. The molecule has 4 heteroatoms. The Balaban J connectivity index is 2.19. The van der Waals surface area contributed by atoms with E-state index in [2.05, 4.69) is 19.2 Å². The molecule has 0 radical (unpaired) electrons. The lowest BCUT2D eigenvalue weighted by Gasteiger charge is -2.29. The summed E-state index contributed by atoms with van der Waals surface area (Å²) in [7, 11) is 0. The van der Waals surface area contributed by atoms with Gasteiger partial charge in [-0.3, -0.25) is 9.59 Å². The van der Waals surface area contributed by atoms with Crippen LogP contribution in [0.25, 0.3) is 0 Å². The van der Waals surface area contributed by atoms with Gasteiger partial charge in [0.05, 0.1) is 6.42 Å². The standard InChI is InChI=1S/C23H30N2O2/c1-17(2)15-24-23(27)19(4)25(16-20-11-6-5-7-12-20)22(26)14-21-13-9-8-10-18(21)3/h5-13,17,19H,14-16H2,1-4H3,(H,24,27)/t19-/m1/s1. The molecule has 0 heterocycles. The molecule has 144 valence electrons. The number of amides is 2. The third kappa shape index (κ3) is 6.24. The number of benzene rings is 2. The summed E-state index contributed by atoms with van der Waals surface area (Å²) in [5.74, 6) is 0.213. The average molecular weight is 367 g/mol. The van der Waals surface area contributed by atoms with Gasteiger partial charge >= 0.3 is 0 Å². The van der Waals surface area contributed by atoms with Crippen LogP contribution in [0.15, 0.2) is 54.6 Å². The predicted molar refractivity (Wildman–Crippen MR) is 109 cm³/mol. The van der Waals surface area contributed by atoms with Gasteiger partial charge in [-0.25, -0.2) is 0 Å². The van der Waals surface area contributed by atoms with Crippen molar-refractivity contribution < 1.29 is 9.59 Å². The topological polar surface area (TPSA) is 49.4 Å². The summed E-state index contributed by atoms with van der Waals surface area (Å²) >= 11 is 0. The van der Waals surface area contributed by atoms with Crippen molar-refractivity contribution in [2.75, 3.05) is 6.54 Å². The molecule has 0 aliphatic heterocycles. The van der Waals surface area contributed by atoms with Gasteiger partial charge in [-0.05, 0) is 36.5 Å². The maximum absolute atomic E-state index is 13.1. The molecule has 0 aliphatic carbocycles. The lowest BCUT2D eigenvalue weighted by Crippen LogP contribution is -2.48. The zero-order chi connectivity index (χ0) is 19.8. The van der Waals surface area contributed by atoms with Crippen molar-refractivity contribution in [1.82, 2.24) is 10.2 Å². The highest BCUT2D eigenvalue weighted by molar-refractivity contribution is 5.88. The number of hydrogen-bond donors (Lipinski definition) is 1. The van der Waals surface area contributed by atoms with Crippen LogP contribution in [0.2, 0.25) is 0 Å². The SMILES string of the molecule is Cc1ccccc1CC(=O)N(Cc1ccccc1)[C@H](C)C(=O)NCC(C)C. The monoisotopic (exact) mass is 366 g/mol. The van der Waals surface area contributed by atoms with Crippen LogP contribution in [0.3, 0.4) is 0 Å². The van der Waals surface area contributed by atoms with E-state index in [0.717, 1.165) is 16.7 Å². The van der Waals surface area contributed by atoms with Gasteiger partial charge in [0.1, 0.15) is 6.04 Å². The first-order valence-electron chi connectivity index (χ1n) is 9.54. The van der Waals surface area contributed by atoms with Crippen LogP contribution >= 0.6 is 0 Å². The molecule has 4 nitrogen and oxygen atoms in total. The van der Waals surface area contributed by atoms with E-state index in [-0.39, 0.29) is 11.8 Å². The van der Waals surface area contributed by atoms with E-state index in [9.17, 15) is 9.59 Å². The lowest BCUT2D eigenvalue weighted by atomic mass is 10.0. The van der Waals surface area contributed by atoms with Crippen molar-refractivity contribution in [3.05, 3.63) is 71.3 Å². The highest BCUT2D eigenvalue weighted by Gasteiger charge is 2.26. The third-order valence-corrected chi connectivity index (χ3v) is 4.65.